The van der Waals surface area contributed by atoms with Crippen molar-refractivity contribution in [2.75, 3.05) is 6.54 Å². The highest BCUT2D eigenvalue weighted by molar-refractivity contribution is 5.96. The molecule has 6 heteroatoms. The number of benzene rings is 1. The number of carbonyl (C=O) groups excluding carboxylic acids is 1. The normalized spacial score (nSPS) is 11.7. The molecular weight excluding hydrogens is 246 g/mol. The highest BCUT2D eigenvalue weighted by atomic mass is 16.4. The monoisotopic (exact) mass is 261 g/mol. The number of fused-ring (bicyclic) bond motifs is 1. The number of nitrogens with one attached hydrogen (secondary N) is 1. The molecule has 0 saturated heterocycles. The molecule has 1 heterocycles. The zero-order valence-electron chi connectivity index (χ0n) is 10.5. The molecule has 100 valence electrons. The van der Waals surface area contributed by atoms with Gasteiger partial charge in [-0.25, -0.2) is 0 Å². The van der Waals surface area contributed by atoms with Gasteiger partial charge in [0.25, 0.3) is 5.91 Å². The second-order valence-corrected chi connectivity index (χ2v) is 4.25. The number of carbonyl (C=O) groups is 1. The van der Waals surface area contributed by atoms with Crippen molar-refractivity contribution in [2.24, 2.45) is 10.9 Å². The average Bonchev–Trinajstić information content (AvgIpc) is 2.81. The second-order valence-electron chi connectivity index (χ2n) is 4.25. The molecule has 0 aliphatic rings. The van der Waals surface area contributed by atoms with E-state index in [1.165, 1.54) is 0 Å². The van der Waals surface area contributed by atoms with Crippen LogP contribution in [0, 0.1) is 6.92 Å². The van der Waals surface area contributed by atoms with Gasteiger partial charge in [0, 0.05) is 18.4 Å². The number of hydrogen-bond acceptors (Lipinski definition) is 4. The quantitative estimate of drug-likeness (QED) is 0.337. The summed E-state index contributed by atoms with van der Waals surface area (Å²) in [4.78, 5) is 11.8. The van der Waals surface area contributed by atoms with Crippen LogP contribution in [0.3, 0.4) is 0 Å². The van der Waals surface area contributed by atoms with Crippen LogP contribution in [0.25, 0.3) is 11.0 Å². The molecule has 0 atom stereocenters. The van der Waals surface area contributed by atoms with E-state index in [2.05, 4.69) is 10.5 Å². The Balaban J connectivity index is 2.05. The molecule has 0 radical (unpaired) electrons. The van der Waals surface area contributed by atoms with E-state index in [1.807, 2.05) is 25.1 Å². The minimum Gasteiger partial charge on any atom is -0.451 e. The van der Waals surface area contributed by atoms with E-state index >= 15 is 0 Å². The van der Waals surface area contributed by atoms with Crippen LogP contribution in [-0.2, 0) is 0 Å². The predicted octanol–water partition coefficient (Wildman–Crippen LogP) is 1.61. The standard InChI is InChI=1S/C13H15N3O3/c1-8-2-3-10-9(6-8)7-11(19-10)13(17)15-5-4-12(14)16-18/h2-3,6-7,18H,4-5H2,1H3,(H2,14,16)(H,15,17). The number of nitrogens with two attached hydrogens (primary N) is 1. The first-order chi connectivity index (χ1) is 9.10. The van der Waals surface area contributed by atoms with Gasteiger partial charge in [-0.1, -0.05) is 16.8 Å². The minimum atomic E-state index is -0.320. The van der Waals surface area contributed by atoms with Crippen molar-refractivity contribution in [1.82, 2.24) is 5.32 Å². The van der Waals surface area contributed by atoms with Crippen LogP contribution in [0.2, 0.25) is 0 Å². The molecule has 0 aliphatic carbocycles. The van der Waals surface area contributed by atoms with E-state index in [0.29, 0.717) is 5.58 Å². The van der Waals surface area contributed by atoms with E-state index in [4.69, 9.17) is 15.4 Å². The highest BCUT2D eigenvalue weighted by Gasteiger charge is 2.11. The van der Waals surface area contributed by atoms with E-state index < -0.39 is 0 Å². The molecule has 0 aliphatic heterocycles. The van der Waals surface area contributed by atoms with Gasteiger partial charge in [0.05, 0.1) is 0 Å². The van der Waals surface area contributed by atoms with Gasteiger partial charge in [-0.3, -0.25) is 4.79 Å². The Hall–Kier alpha value is -2.50. The topological polar surface area (TPSA) is 101 Å². The third-order valence-electron chi connectivity index (χ3n) is 2.69. The van der Waals surface area contributed by atoms with Crippen LogP contribution in [-0.4, -0.2) is 23.5 Å². The molecule has 1 aromatic heterocycles. The molecule has 0 spiro atoms. The second kappa shape index (κ2) is 5.43. The Morgan fingerprint density at radius 1 is 1.47 bits per heavy atom. The number of nitrogens with zero attached hydrogens (tertiary/aromatic N) is 1. The Kier molecular flexibility index (Phi) is 3.70. The summed E-state index contributed by atoms with van der Waals surface area (Å²) in [5.74, 6) is 0.000215. The van der Waals surface area contributed by atoms with Gasteiger partial charge in [0.15, 0.2) is 5.76 Å². The summed E-state index contributed by atoms with van der Waals surface area (Å²) < 4.78 is 5.45. The van der Waals surface area contributed by atoms with Gasteiger partial charge in [-0.15, -0.1) is 0 Å². The SMILES string of the molecule is Cc1ccc2oc(C(=O)NCCC(N)=NO)cc2c1. The fourth-order valence-corrected chi connectivity index (χ4v) is 1.72. The lowest BCUT2D eigenvalue weighted by Gasteiger charge is -2.01. The minimum absolute atomic E-state index is 0.0699. The number of hydrogen-bond donors (Lipinski definition) is 3. The lowest BCUT2D eigenvalue weighted by atomic mass is 10.2. The summed E-state index contributed by atoms with van der Waals surface area (Å²) in [5, 5.41) is 14.7. The van der Waals surface area contributed by atoms with Gasteiger partial charge in [-0.05, 0) is 25.1 Å². The predicted molar refractivity (Wildman–Crippen MR) is 71.3 cm³/mol. The van der Waals surface area contributed by atoms with Crippen molar-refractivity contribution in [1.29, 1.82) is 0 Å². The molecule has 2 rings (SSSR count). The molecule has 0 saturated carbocycles. The maximum Gasteiger partial charge on any atom is 0.287 e. The van der Waals surface area contributed by atoms with E-state index in [1.54, 1.807) is 6.07 Å². The summed E-state index contributed by atoms with van der Waals surface area (Å²) in [6.07, 6.45) is 0.279. The van der Waals surface area contributed by atoms with Crippen LogP contribution in [0.4, 0.5) is 0 Å². The highest BCUT2D eigenvalue weighted by Crippen LogP contribution is 2.20. The fraction of sp³-hybridized carbons (Fsp3) is 0.231. The number of oxime groups is 1. The molecule has 1 amide bonds. The lowest BCUT2D eigenvalue weighted by molar-refractivity contribution is 0.0929. The summed E-state index contributed by atoms with van der Waals surface area (Å²) in [6, 6.07) is 7.40. The summed E-state index contributed by atoms with van der Waals surface area (Å²) in [7, 11) is 0. The van der Waals surface area contributed by atoms with Crippen molar-refractivity contribution in [2.45, 2.75) is 13.3 Å². The van der Waals surface area contributed by atoms with Crippen molar-refractivity contribution in [3.8, 4) is 0 Å². The number of amides is 1. The Bertz CT molecular complexity index is 631. The molecule has 2 aromatic rings. The number of aryl methyl sites for hydroxylation is 1. The molecule has 4 N–H and O–H groups in total. The number of amidine groups is 1. The van der Waals surface area contributed by atoms with E-state index in [-0.39, 0.29) is 30.5 Å². The molecule has 0 fully saturated rings. The molecule has 1 aromatic carbocycles. The van der Waals surface area contributed by atoms with Crippen molar-refractivity contribution >= 4 is 22.7 Å². The Morgan fingerprint density at radius 2 is 2.26 bits per heavy atom. The molecule has 0 unspecified atom stereocenters. The van der Waals surface area contributed by atoms with Crippen LogP contribution in [0.5, 0.6) is 0 Å². The molecule has 0 bridgehead atoms. The maximum atomic E-state index is 11.8. The van der Waals surface area contributed by atoms with Gasteiger partial charge >= 0.3 is 0 Å². The first-order valence-electron chi connectivity index (χ1n) is 5.85. The maximum absolute atomic E-state index is 11.8. The van der Waals surface area contributed by atoms with E-state index in [9.17, 15) is 4.79 Å². The lowest BCUT2D eigenvalue weighted by Crippen LogP contribution is -2.27. The molecule has 6 nitrogen and oxygen atoms in total. The smallest absolute Gasteiger partial charge is 0.287 e. The third-order valence-corrected chi connectivity index (χ3v) is 2.69. The zero-order chi connectivity index (χ0) is 13.8. The first-order valence-corrected chi connectivity index (χ1v) is 5.85. The summed E-state index contributed by atoms with van der Waals surface area (Å²) >= 11 is 0. The summed E-state index contributed by atoms with van der Waals surface area (Å²) in [6.45, 7) is 2.26. The largest absolute Gasteiger partial charge is 0.451 e. The Morgan fingerprint density at radius 3 is 3.00 bits per heavy atom. The summed E-state index contributed by atoms with van der Waals surface area (Å²) in [5.41, 5.74) is 7.08. The first kappa shape index (κ1) is 12.9. The van der Waals surface area contributed by atoms with Crippen molar-refractivity contribution in [3.63, 3.8) is 0 Å². The van der Waals surface area contributed by atoms with Crippen LogP contribution < -0.4 is 11.1 Å². The van der Waals surface area contributed by atoms with E-state index in [0.717, 1.165) is 10.9 Å². The van der Waals surface area contributed by atoms with Gasteiger partial charge in [-0.2, -0.15) is 0 Å². The fourth-order valence-electron chi connectivity index (χ4n) is 1.72. The molecule has 19 heavy (non-hydrogen) atoms. The van der Waals surface area contributed by atoms with Crippen molar-refractivity contribution < 1.29 is 14.4 Å². The van der Waals surface area contributed by atoms with Crippen LogP contribution >= 0.6 is 0 Å². The van der Waals surface area contributed by atoms with Crippen LogP contribution in [0.1, 0.15) is 22.5 Å². The van der Waals surface area contributed by atoms with Gasteiger partial charge in [0.2, 0.25) is 0 Å². The van der Waals surface area contributed by atoms with Gasteiger partial charge in [0.1, 0.15) is 11.4 Å². The van der Waals surface area contributed by atoms with Gasteiger partial charge < -0.3 is 20.7 Å². The average molecular weight is 261 g/mol. The van der Waals surface area contributed by atoms with Crippen molar-refractivity contribution in [3.05, 3.63) is 35.6 Å². The zero-order valence-corrected chi connectivity index (χ0v) is 10.5. The van der Waals surface area contributed by atoms with Crippen LogP contribution in [0.15, 0.2) is 33.8 Å². The molecular formula is C13H15N3O3. The number of furan rings is 1. The third kappa shape index (κ3) is 3.04. The Labute approximate surface area is 109 Å². The number of rotatable bonds is 4.